The van der Waals surface area contributed by atoms with E-state index in [0.29, 0.717) is 42.8 Å². The van der Waals surface area contributed by atoms with Crippen LogP contribution in [0.25, 0.3) is 22.6 Å². The van der Waals surface area contributed by atoms with E-state index in [9.17, 15) is 32.3 Å². The predicted octanol–water partition coefficient (Wildman–Crippen LogP) is 7.00. The van der Waals surface area contributed by atoms with Crippen molar-refractivity contribution in [1.82, 2.24) is 29.5 Å². The second kappa shape index (κ2) is 15.7. The van der Waals surface area contributed by atoms with Gasteiger partial charge in [0.15, 0.2) is 17.5 Å². The summed E-state index contributed by atoms with van der Waals surface area (Å²) in [4.78, 5) is 65.4. The Bertz CT molecular complexity index is 2400. The number of fused-ring (bicyclic) bond motifs is 1. The van der Waals surface area contributed by atoms with Gasteiger partial charge in [0.1, 0.15) is 17.1 Å². The maximum atomic E-state index is 14.4. The number of esters is 1. The highest BCUT2D eigenvalue weighted by molar-refractivity contribution is 6.04. The van der Waals surface area contributed by atoms with Crippen LogP contribution in [0.2, 0.25) is 0 Å². The van der Waals surface area contributed by atoms with Crippen LogP contribution in [0.4, 0.5) is 18.0 Å². The van der Waals surface area contributed by atoms with Crippen LogP contribution in [0.15, 0.2) is 63.9 Å². The van der Waals surface area contributed by atoms with E-state index in [1.165, 1.54) is 28.0 Å². The van der Waals surface area contributed by atoms with E-state index < -0.39 is 52.8 Å². The number of carbonyl (C=O) groups excluding carboxylic acids is 3. The number of benzene rings is 2. The molecule has 2 aliphatic rings. The number of rotatable bonds is 10. The first-order valence-corrected chi connectivity index (χ1v) is 18.7. The molecule has 2 amide bonds. The van der Waals surface area contributed by atoms with E-state index in [1.807, 2.05) is 0 Å². The van der Waals surface area contributed by atoms with Gasteiger partial charge in [0.25, 0.3) is 5.91 Å². The molecule has 1 unspecified atom stereocenters. The number of nitrogens with one attached hydrogen (secondary N) is 1. The third-order valence-corrected chi connectivity index (χ3v) is 9.91. The van der Waals surface area contributed by atoms with Gasteiger partial charge in [0.2, 0.25) is 0 Å². The Morgan fingerprint density at radius 3 is 2.33 bits per heavy atom. The van der Waals surface area contributed by atoms with Gasteiger partial charge in [-0.15, -0.1) is 0 Å². The van der Waals surface area contributed by atoms with Gasteiger partial charge in [-0.2, -0.15) is 0 Å². The summed E-state index contributed by atoms with van der Waals surface area (Å²) in [5, 5.41) is 4.03. The highest BCUT2D eigenvalue weighted by Gasteiger charge is 2.40. The Balaban J connectivity index is 1.44. The Kier molecular flexibility index (Phi) is 10.8. The Morgan fingerprint density at radius 2 is 1.65 bits per heavy atom. The number of carbonyl (C=O) groups is 3. The minimum atomic E-state index is -1.02. The number of likely N-dealkylation sites (tertiary alicyclic amines) is 1. The van der Waals surface area contributed by atoms with Crippen molar-refractivity contribution in [2.45, 2.75) is 78.1 Å². The zero-order valence-electron chi connectivity index (χ0n) is 31.9. The summed E-state index contributed by atoms with van der Waals surface area (Å²) in [5.74, 6) is -4.49. The third kappa shape index (κ3) is 8.07. The number of aromatic nitrogens is 4. The van der Waals surface area contributed by atoms with Crippen molar-refractivity contribution in [2.24, 2.45) is 0 Å². The molecule has 0 aliphatic carbocycles. The molecule has 13 nitrogen and oxygen atoms in total. The summed E-state index contributed by atoms with van der Waals surface area (Å²) in [7, 11) is 0. The fourth-order valence-corrected chi connectivity index (χ4v) is 7.45. The molecule has 1 N–H and O–H groups in total. The second-order valence-corrected chi connectivity index (χ2v) is 14.9. The summed E-state index contributed by atoms with van der Waals surface area (Å²) < 4.78 is 59.8. The lowest BCUT2D eigenvalue weighted by Crippen LogP contribution is -2.39. The number of ether oxygens (including phenoxy) is 2. The third-order valence-electron chi connectivity index (χ3n) is 9.91. The smallest absolute Gasteiger partial charge is 0.439 e. The Labute approximate surface area is 325 Å². The highest BCUT2D eigenvalue weighted by atomic mass is 19.2. The van der Waals surface area contributed by atoms with Crippen LogP contribution in [-0.2, 0) is 35.4 Å². The van der Waals surface area contributed by atoms with Crippen molar-refractivity contribution < 1.29 is 41.6 Å². The quantitative estimate of drug-likeness (QED) is 0.148. The van der Waals surface area contributed by atoms with Crippen LogP contribution < -0.4 is 5.76 Å². The van der Waals surface area contributed by atoms with Crippen LogP contribution in [0.5, 0.6) is 0 Å². The van der Waals surface area contributed by atoms with Gasteiger partial charge in [0, 0.05) is 31.7 Å². The lowest BCUT2D eigenvalue weighted by Gasteiger charge is -2.31. The molecule has 298 valence electrons. The number of amides is 2. The summed E-state index contributed by atoms with van der Waals surface area (Å²) in [5.41, 5.74) is 2.07. The molecule has 0 radical (unpaired) electrons. The monoisotopic (exact) mass is 786 g/mol. The molecule has 1 fully saturated rings. The number of hydrogen-bond acceptors (Lipinski definition) is 9. The standard InChI is InChI=1S/C41H41F3N6O7/c1-5-55-38(52)34-33(29-16-17-31-37(51)48(19-20-49(29)31)22-24-10-14-26(43)27(44)21-24)32(36-46-39(53)57-47-36)28(15-11-23-8-12-25(42)13-9-23)45-35(34)30-7-6-18-50(30)40(54)56-41(2,3)4/h8-10,12-14,16-17,21,30H,5-7,11,15,18-20,22H2,1-4H3,(H,46,47,53). The van der Waals surface area contributed by atoms with E-state index in [2.05, 4.69) is 10.1 Å². The molecule has 2 aliphatic heterocycles. The zero-order chi connectivity index (χ0) is 40.6. The Hall–Kier alpha value is -6.19. The first-order chi connectivity index (χ1) is 27.2. The fraction of sp³-hybridized carbons (Fsp3) is 0.366. The number of halogens is 3. The van der Waals surface area contributed by atoms with E-state index in [1.54, 1.807) is 56.5 Å². The summed E-state index contributed by atoms with van der Waals surface area (Å²) in [6.07, 6.45) is 0.971. The summed E-state index contributed by atoms with van der Waals surface area (Å²) >= 11 is 0. The van der Waals surface area contributed by atoms with Crippen molar-refractivity contribution in [2.75, 3.05) is 19.7 Å². The lowest BCUT2D eigenvalue weighted by atomic mass is 9.90. The molecule has 7 rings (SSSR count). The lowest BCUT2D eigenvalue weighted by molar-refractivity contribution is 0.0217. The summed E-state index contributed by atoms with van der Waals surface area (Å²) in [6.45, 7) is 7.65. The van der Waals surface area contributed by atoms with Gasteiger partial charge in [-0.1, -0.05) is 23.4 Å². The van der Waals surface area contributed by atoms with Gasteiger partial charge in [-0.25, -0.2) is 27.6 Å². The molecular formula is C41H41F3N6O7. The molecule has 16 heteroatoms. The molecule has 1 atom stereocenters. The van der Waals surface area contributed by atoms with E-state index in [0.717, 1.165) is 17.7 Å². The van der Waals surface area contributed by atoms with E-state index in [-0.39, 0.29) is 66.6 Å². The molecule has 5 heterocycles. The molecule has 3 aromatic heterocycles. The average molecular weight is 787 g/mol. The number of aromatic amines is 1. The first kappa shape index (κ1) is 39.1. The molecular weight excluding hydrogens is 745 g/mol. The number of aryl methyl sites for hydroxylation is 2. The maximum absolute atomic E-state index is 14.4. The molecule has 5 aromatic rings. The van der Waals surface area contributed by atoms with Crippen molar-refractivity contribution in [1.29, 1.82) is 0 Å². The largest absolute Gasteiger partial charge is 0.462 e. The number of pyridine rings is 1. The van der Waals surface area contributed by atoms with Gasteiger partial charge >= 0.3 is 17.8 Å². The average Bonchev–Trinajstić information content (AvgIpc) is 3.93. The first-order valence-electron chi connectivity index (χ1n) is 18.7. The molecule has 0 bridgehead atoms. The van der Waals surface area contributed by atoms with Crippen LogP contribution in [-0.4, -0.2) is 72.8 Å². The fourth-order valence-electron chi connectivity index (χ4n) is 7.45. The maximum Gasteiger partial charge on any atom is 0.439 e. The van der Waals surface area contributed by atoms with Gasteiger partial charge in [0.05, 0.1) is 40.9 Å². The van der Waals surface area contributed by atoms with E-state index in [4.69, 9.17) is 19.0 Å². The topological polar surface area (TPSA) is 153 Å². The number of H-pyrrole nitrogens is 1. The number of nitrogens with zero attached hydrogens (tertiary/aromatic N) is 5. The summed E-state index contributed by atoms with van der Waals surface area (Å²) in [6, 6.07) is 12.0. The van der Waals surface area contributed by atoms with Crippen LogP contribution in [0.1, 0.15) is 89.9 Å². The van der Waals surface area contributed by atoms with Crippen LogP contribution >= 0.6 is 0 Å². The molecule has 57 heavy (non-hydrogen) atoms. The van der Waals surface area contributed by atoms with Crippen LogP contribution in [0, 0.1) is 17.5 Å². The molecule has 0 saturated carbocycles. The van der Waals surface area contributed by atoms with Gasteiger partial charge in [-0.3, -0.25) is 24.2 Å². The minimum Gasteiger partial charge on any atom is -0.462 e. The Morgan fingerprint density at radius 1 is 0.912 bits per heavy atom. The van der Waals surface area contributed by atoms with Crippen molar-refractivity contribution in [3.63, 3.8) is 0 Å². The van der Waals surface area contributed by atoms with Crippen molar-refractivity contribution >= 4 is 18.0 Å². The van der Waals surface area contributed by atoms with Crippen molar-refractivity contribution in [3.05, 3.63) is 116 Å². The molecule has 2 aromatic carbocycles. The van der Waals surface area contributed by atoms with Gasteiger partial charge in [-0.05, 0) is 101 Å². The predicted molar refractivity (Wildman–Crippen MR) is 200 cm³/mol. The van der Waals surface area contributed by atoms with Gasteiger partial charge < -0.3 is 18.9 Å². The zero-order valence-corrected chi connectivity index (χ0v) is 31.9. The molecule has 0 spiro atoms. The number of hydrogen-bond donors (Lipinski definition) is 1. The normalized spacial score (nSPS) is 15.6. The second-order valence-electron chi connectivity index (χ2n) is 14.9. The van der Waals surface area contributed by atoms with Crippen molar-refractivity contribution in [3.8, 4) is 22.6 Å². The SMILES string of the molecule is CCOC(=O)c1c(C2CCCN2C(=O)OC(C)(C)C)nc(CCc2ccc(F)cc2)c(-c2noc(=O)[nH]2)c1-c1ccc2n1CCN(Cc1ccc(F)c(F)c1)C2=O. The minimum absolute atomic E-state index is 0.000689. The van der Waals surface area contributed by atoms with Crippen LogP contribution in [0.3, 0.4) is 0 Å². The molecule has 1 saturated heterocycles. The highest BCUT2D eigenvalue weighted by Crippen LogP contribution is 2.44. The van der Waals surface area contributed by atoms with E-state index >= 15 is 0 Å².